The van der Waals surface area contributed by atoms with Crippen molar-refractivity contribution in [3.05, 3.63) is 23.5 Å². The second-order valence-electron chi connectivity index (χ2n) is 4.63. The van der Waals surface area contributed by atoms with Crippen molar-refractivity contribution < 1.29 is 4.74 Å². The Labute approximate surface area is 91.7 Å². The molecule has 1 aromatic rings. The summed E-state index contributed by atoms with van der Waals surface area (Å²) < 4.78 is 5.62. The first-order valence-electron chi connectivity index (χ1n) is 5.87. The fourth-order valence-electron chi connectivity index (χ4n) is 2.03. The number of rotatable bonds is 4. The Hall–Kier alpha value is -1.05. The first kappa shape index (κ1) is 10.5. The van der Waals surface area contributed by atoms with Gasteiger partial charge in [-0.2, -0.15) is 0 Å². The average molecular weight is 205 g/mol. The summed E-state index contributed by atoms with van der Waals surface area (Å²) in [7, 11) is 0. The predicted octanol–water partition coefficient (Wildman–Crippen LogP) is 3.00. The minimum absolute atomic E-state index is 0.780. The van der Waals surface area contributed by atoms with Crippen LogP contribution in [0, 0.1) is 5.92 Å². The van der Waals surface area contributed by atoms with E-state index in [-0.39, 0.29) is 0 Å². The van der Waals surface area contributed by atoms with E-state index in [0.717, 1.165) is 36.8 Å². The molecule has 1 aliphatic rings. The van der Waals surface area contributed by atoms with E-state index in [0.29, 0.717) is 0 Å². The molecule has 2 nitrogen and oxygen atoms in total. The number of hydrogen-bond donors (Lipinski definition) is 0. The zero-order chi connectivity index (χ0) is 10.7. The molecule has 82 valence electrons. The van der Waals surface area contributed by atoms with Crippen LogP contribution in [0.2, 0.25) is 0 Å². The van der Waals surface area contributed by atoms with Gasteiger partial charge in [0.1, 0.15) is 5.75 Å². The van der Waals surface area contributed by atoms with Crippen LogP contribution in [0.4, 0.5) is 0 Å². The van der Waals surface area contributed by atoms with E-state index >= 15 is 0 Å². The third-order valence-electron chi connectivity index (χ3n) is 2.87. The van der Waals surface area contributed by atoms with Gasteiger partial charge in [0.15, 0.2) is 0 Å². The highest BCUT2D eigenvalue weighted by Crippen LogP contribution is 2.28. The molecule has 15 heavy (non-hydrogen) atoms. The Morgan fingerprint density at radius 3 is 3.13 bits per heavy atom. The van der Waals surface area contributed by atoms with Gasteiger partial charge in [-0.3, -0.25) is 4.98 Å². The van der Waals surface area contributed by atoms with E-state index in [1.165, 1.54) is 18.4 Å². The van der Waals surface area contributed by atoms with Crippen LogP contribution in [0.25, 0.3) is 0 Å². The van der Waals surface area contributed by atoms with Crippen LogP contribution >= 0.6 is 0 Å². The maximum atomic E-state index is 5.62. The summed E-state index contributed by atoms with van der Waals surface area (Å²) in [5.41, 5.74) is 2.50. The highest BCUT2D eigenvalue weighted by atomic mass is 16.5. The highest BCUT2D eigenvalue weighted by molar-refractivity contribution is 5.39. The van der Waals surface area contributed by atoms with Gasteiger partial charge in [0.2, 0.25) is 0 Å². The zero-order valence-electron chi connectivity index (χ0n) is 9.62. The summed E-state index contributed by atoms with van der Waals surface area (Å²) in [6, 6.07) is 2.08. The Morgan fingerprint density at radius 1 is 1.47 bits per heavy atom. The fourth-order valence-corrected chi connectivity index (χ4v) is 2.03. The SMILES string of the molecule is CC(C)CCCc1nccc2c1OCC2. The van der Waals surface area contributed by atoms with Gasteiger partial charge >= 0.3 is 0 Å². The topological polar surface area (TPSA) is 22.1 Å². The highest BCUT2D eigenvalue weighted by Gasteiger charge is 2.16. The molecular weight excluding hydrogens is 186 g/mol. The van der Waals surface area contributed by atoms with Gasteiger partial charge < -0.3 is 4.74 Å². The standard InChI is InChI=1S/C13H19NO/c1-10(2)4-3-5-12-13-11(6-8-14-12)7-9-15-13/h6,8,10H,3-5,7,9H2,1-2H3. The van der Waals surface area contributed by atoms with Crippen LogP contribution in [0.5, 0.6) is 5.75 Å². The van der Waals surface area contributed by atoms with Crippen molar-refractivity contribution in [3.8, 4) is 5.75 Å². The molecule has 1 aromatic heterocycles. The van der Waals surface area contributed by atoms with E-state index in [1.54, 1.807) is 0 Å². The summed E-state index contributed by atoms with van der Waals surface area (Å²) in [6.45, 7) is 5.36. The molecule has 0 saturated carbocycles. The van der Waals surface area contributed by atoms with Crippen molar-refractivity contribution in [3.63, 3.8) is 0 Å². The third-order valence-corrected chi connectivity index (χ3v) is 2.87. The molecule has 0 fully saturated rings. The van der Waals surface area contributed by atoms with Gasteiger partial charge in [-0.15, -0.1) is 0 Å². The van der Waals surface area contributed by atoms with Gasteiger partial charge in [-0.25, -0.2) is 0 Å². The summed E-state index contributed by atoms with van der Waals surface area (Å²) in [5, 5.41) is 0. The summed E-state index contributed by atoms with van der Waals surface area (Å²) >= 11 is 0. The molecule has 0 amide bonds. The third kappa shape index (κ3) is 2.49. The zero-order valence-corrected chi connectivity index (χ0v) is 9.62. The number of aromatic nitrogens is 1. The molecule has 0 saturated heterocycles. The quantitative estimate of drug-likeness (QED) is 0.754. The Kier molecular flexibility index (Phi) is 3.24. The molecule has 0 aliphatic carbocycles. The summed E-state index contributed by atoms with van der Waals surface area (Å²) in [4.78, 5) is 4.42. The molecule has 0 spiro atoms. The molecule has 0 bridgehead atoms. The number of ether oxygens (including phenoxy) is 1. The minimum atomic E-state index is 0.780. The molecule has 2 rings (SSSR count). The molecule has 0 aromatic carbocycles. The number of nitrogens with zero attached hydrogens (tertiary/aromatic N) is 1. The van der Waals surface area contributed by atoms with E-state index in [2.05, 4.69) is 24.9 Å². The van der Waals surface area contributed by atoms with Gasteiger partial charge in [-0.05, 0) is 24.8 Å². The number of hydrogen-bond acceptors (Lipinski definition) is 2. The predicted molar refractivity (Wildman–Crippen MR) is 61.2 cm³/mol. The Balaban J connectivity index is 2.00. The van der Waals surface area contributed by atoms with Crippen molar-refractivity contribution in [2.24, 2.45) is 5.92 Å². The second-order valence-corrected chi connectivity index (χ2v) is 4.63. The molecular formula is C13H19NO. The van der Waals surface area contributed by atoms with Crippen LogP contribution in [0.1, 0.15) is 37.9 Å². The molecule has 2 heterocycles. The lowest BCUT2D eigenvalue weighted by Gasteiger charge is -2.07. The monoisotopic (exact) mass is 205 g/mol. The van der Waals surface area contributed by atoms with E-state index < -0.39 is 0 Å². The van der Waals surface area contributed by atoms with Gasteiger partial charge in [0, 0.05) is 18.2 Å². The smallest absolute Gasteiger partial charge is 0.144 e. The van der Waals surface area contributed by atoms with Crippen LogP contribution in [-0.2, 0) is 12.8 Å². The summed E-state index contributed by atoms with van der Waals surface area (Å²) in [6.07, 6.45) is 6.50. The lowest BCUT2D eigenvalue weighted by molar-refractivity contribution is 0.351. The van der Waals surface area contributed by atoms with Crippen molar-refractivity contribution in [1.82, 2.24) is 4.98 Å². The van der Waals surface area contributed by atoms with Crippen LogP contribution in [0.3, 0.4) is 0 Å². The Bertz CT molecular complexity index is 333. The van der Waals surface area contributed by atoms with Gasteiger partial charge in [0.05, 0.1) is 12.3 Å². The summed E-state index contributed by atoms with van der Waals surface area (Å²) in [5.74, 6) is 1.85. The average Bonchev–Trinajstić information content (AvgIpc) is 2.65. The second kappa shape index (κ2) is 4.65. The van der Waals surface area contributed by atoms with Crippen LogP contribution in [-0.4, -0.2) is 11.6 Å². The number of pyridine rings is 1. The lowest BCUT2D eigenvalue weighted by atomic mass is 10.0. The molecule has 0 radical (unpaired) electrons. The van der Waals surface area contributed by atoms with Gasteiger partial charge in [0.25, 0.3) is 0 Å². The van der Waals surface area contributed by atoms with E-state index in [9.17, 15) is 0 Å². The van der Waals surface area contributed by atoms with Crippen molar-refractivity contribution in [2.45, 2.75) is 39.5 Å². The minimum Gasteiger partial charge on any atom is -0.491 e. The maximum Gasteiger partial charge on any atom is 0.144 e. The Morgan fingerprint density at radius 2 is 2.33 bits per heavy atom. The van der Waals surface area contributed by atoms with Crippen LogP contribution in [0.15, 0.2) is 12.3 Å². The maximum absolute atomic E-state index is 5.62. The molecule has 0 atom stereocenters. The van der Waals surface area contributed by atoms with Crippen molar-refractivity contribution in [2.75, 3.05) is 6.61 Å². The molecule has 0 unspecified atom stereocenters. The number of fused-ring (bicyclic) bond motifs is 1. The molecule has 0 N–H and O–H groups in total. The van der Waals surface area contributed by atoms with E-state index in [4.69, 9.17) is 4.74 Å². The fraction of sp³-hybridized carbons (Fsp3) is 0.615. The van der Waals surface area contributed by atoms with Crippen LogP contribution < -0.4 is 4.74 Å². The van der Waals surface area contributed by atoms with E-state index in [1.807, 2.05) is 6.20 Å². The lowest BCUT2D eigenvalue weighted by Crippen LogP contribution is -1.97. The largest absolute Gasteiger partial charge is 0.491 e. The first-order chi connectivity index (χ1) is 7.27. The van der Waals surface area contributed by atoms with Crippen molar-refractivity contribution >= 4 is 0 Å². The normalized spacial score (nSPS) is 14.1. The van der Waals surface area contributed by atoms with Gasteiger partial charge in [-0.1, -0.05) is 20.3 Å². The molecule has 1 aliphatic heterocycles. The first-order valence-corrected chi connectivity index (χ1v) is 5.87. The number of aryl methyl sites for hydroxylation is 1. The molecule has 2 heteroatoms. The van der Waals surface area contributed by atoms with Crippen molar-refractivity contribution in [1.29, 1.82) is 0 Å².